The Balaban J connectivity index is 2.05. The fourth-order valence-corrected chi connectivity index (χ4v) is 1.90. The third-order valence-electron chi connectivity index (χ3n) is 2.70. The molecule has 1 aromatic rings. The lowest BCUT2D eigenvalue weighted by atomic mass is 10.2. The number of benzene rings is 1. The molecule has 1 saturated heterocycles. The first kappa shape index (κ1) is 9.34. The molecule has 2 rings (SSSR count). The van der Waals surface area contributed by atoms with Gasteiger partial charge in [0.15, 0.2) is 0 Å². The van der Waals surface area contributed by atoms with Crippen LogP contribution in [0, 0.1) is 0 Å². The average Bonchev–Trinajstić information content (AvgIpc) is 2.64. The zero-order valence-electron chi connectivity index (χ0n) is 8.24. The van der Waals surface area contributed by atoms with Crippen LogP contribution >= 0.6 is 0 Å². The van der Waals surface area contributed by atoms with Crippen LogP contribution in [0.15, 0.2) is 18.2 Å². The Morgan fingerprint density at radius 2 is 2.00 bits per heavy atom. The molecule has 1 aromatic carbocycles. The summed E-state index contributed by atoms with van der Waals surface area (Å²) in [5.74, 6) is 0.176. The third kappa shape index (κ3) is 1.99. The lowest BCUT2D eigenvalue weighted by Gasteiger charge is -2.14. The third-order valence-corrected chi connectivity index (χ3v) is 2.70. The molecule has 0 radical (unpaired) electrons. The highest BCUT2D eigenvalue weighted by molar-refractivity contribution is 5.53. The number of phenolic OH excluding ortho intramolecular Hbond substituents is 1. The van der Waals surface area contributed by atoms with E-state index in [1.54, 1.807) is 6.07 Å². The Labute approximate surface area is 84.1 Å². The summed E-state index contributed by atoms with van der Waals surface area (Å²) in [4.78, 5) is 2.41. The van der Waals surface area contributed by atoms with Crippen molar-refractivity contribution < 1.29 is 5.11 Å². The summed E-state index contributed by atoms with van der Waals surface area (Å²) in [5.41, 5.74) is 7.28. The molecule has 0 atom stereocenters. The normalized spacial score (nSPS) is 17.4. The van der Waals surface area contributed by atoms with E-state index < -0.39 is 0 Å². The van der Waals surface area contributed by atoms with Gasteiger partial charge in [-0.2, -0.15) is 0 Å². The first-order chi connectivity index (χ1) is 6.75. The maximum absolute atomic E-state index is 9.27. The van der Waals surface area contributed by atoms with Crippen molar-refractivity contribution in [1.82, 2.24) is 4.90 Å². The molecule has 1 aliphatic heterocycles. The van der Waals surface area contributed by atoms with E-state index in [0.29, 0.717) is 5.69 Å². The highest BCUT2D eigenvalue weighted by Crippen LogP contribution is 2.22. The molecule has 3 N–H and O–H groups in total. The molecule has 0 bridgehead atoms. The predicted octanol–water partition coefficient (Wildman–Crippen LogP) is 1.57. The molecule has 76 valence electrons. The number of nitrogens with zero attached hydrogens (tertiary/aromatic N) is 1. The van der Waals surface area contributed by atoms with Crippen LogP contribution in [-0.4, -0.2) is 23.1 Å². The fraction of sp³-hybridized carbons (Fsp3) is 0.455. The van der Waals surface area contributed by atoms with Crippen molar-refractivity contribution in [2.75, 3.05) is 18.8 Å². The summed E-state index contributed by atoms with van der Waals surface area (Å²) in [6.07, 6.45) is 2.60. The first-order valence-corrected chi connectivity index (χ1v) is 5.05. The van der Waals surface area contributed by atoms with E-state index in [0.717, 1.165) is 6.54 Å². The summed E-state index contributed by atoms with van der Waals surface area (Å²) in [7, 11) is 0. The van der Waals surface area contributed by atoms with E-state index in [-0.39, 0.29) is 5.75 Å². The van der Waals surface area contributed by atoms with Gasteiger partial charge >= 0.3 is 0 Å². The van der Waals surface area contributed by atoms with E-state index in [4.69, 9.17) is 5.73 Å². The Bertz CT molecular complexity index is 319. The van der Waals surface area contributed by atoms with E-state index in [1.165, 1.54) is 31.5 Å². The van der Waals surface area contributed by atoms with Crippen LogP contribution in [-0.2, 0) is 6.54 Å². The predicted molar refractivity (Wildman–Crippen MR) is 57.0 cm³/mol. The Morgan fingerprint density at radius 1 is 1.29 bits per heavy atom. The first-order valence-electron chi connectivity index (χ1n) is 5.05. The van der Waals surface area contributed by atoms with Crippen LogP contribution in [0.1, 0.15) is 18.4 Å². The summed E-state index contributed by atoms with van der Waals surface area (Å²) in [5, 5.41) is 9.27. The van der Waals surface area contributed by atoms with Crippen molar-refractivity contribution in [2.45, 2.75) is 19.4 Å². The molecule has 14 heavy (non-hydrogen) atoms. The average molecular weight is 192 g/mol. The molecular formula is C11H16N2O. The highest BCUT2D eigenvalue weighted by atomic mass is 16.3. The molecule has 0 saturated carbocycles. The van der Waals surface area contributed by atoms with Crippen molar-refractivity contribution in [3.8, 4) is 5.75 Å². The quantitative estimate of drug-likeness (QED) is 0.552. The highest BCUT2D eigenvalue weighted by Gasteiger charge is 2.11. The molecule has 0 amide bonds. The van der Waals surface area contributed by atoms with Crippen LogP contribution in [0.2, 0.25) is 0 Å². The zero-order valence-corrected chi connectivity index (χ0v) is 8.24. The summed E-state index contributed by atoms with van der Waals surface area (Å²) in [6, 6.07) is 5.46. The summed E-state index contributed by atoms with van der Waals surface area (Å²) < 4.78 is 0. The van der Waals surface area contributed by atoms with Crippen LogP contribution in [0.5, 0.6) is 5.75 Å². The second-order valence-electron chi connectivity index (χ2n) is 3.88. The maximum Gasteiger partial charge on any atom is 0.138 e. The van der Waals surface area contributed by atoms with E-state index in [9.17, 15) is 5.11 Å². The number of aromatic hydroxyl groups is 1. The second-order valence-corrected chi connectivity index (χ2v) is 3.88. The summed E-state index contributed by atoms with van der Waals surface area (Å²) >= 11 is 0. The number of likely N-dealkylation sites (tertiary alicyclic amines) is 1. The van der Waals surface area contributed by atoms with Crippen LogP contribution < -0.4 is 5.73 Å². The topological polar surface area (TPSA) is 49.5 Å². The lowest BCUT2D eigenvalue weighted by molar-refractivity contribution is 0.331. The number of hydrogen-bond acceptors (Lipinski definition) is 3. The minimum absolute atomic E-state index is 0.176. The van der Waals surface area contributed by atoms with Crippen LogP contribution in [0.25, 0.3) is 0 Å². The van der Waals surface area contributed by atoms with Gasteiger partial charge in [0, 0.05) is 6.54 Å². The molecule has 0 spiro atoms. The Morgan fingerprint density at radius 3 is 2.64 bits per heavy atom. The number of anilines is 1. The minimum Gasteiger partial charge on any atom is -0.506 e. The molecule has 1 fully saturated rings. The van der Waals surface area contributed by atoms with Crippen molar-refractivity contribution in [3.63, 3.8) is 0 Å². The minimum atomic E-state index is 0.176. The Kier molecular flexibility index (Phi) is 2.59. The van der Waals surface area contributed by atoms with E-state index in [1.807, 2.05) is 12.1 Å². The van der Waals surface area contributed by atoms with Crippen LogP contribution in [0.4, 0.5) is 5.69 Å². The number of rotatable bonds is 2. The number of phenols is 1. The molecular weight excluding hydrogens is 176 g/mol. The van der Waals surface area contributed by atoms with Gasteiger partial charge < -0.3 is 10.8 Å². The monoisotopic (exact) mass is 192 g/mol. The van der Waals surface area contributed by atoms with Gasteiger partial charge in [0.2, 0.25) is 0 Å². The lowest BCUT2D eigenvalue weighted by Crippen LogP contribution is -2.18. The standard InChI is InChI=1S/C11H16N2O/c12-10-7-9(3-4-11(10)14)8-13-5-1-2-6-13/h3-4,7,14H,1-2,5-6,8,12H2. The van der Waals surface area contributed by atoms with E-state index in [2.05, 4.69) is 4.90 Å². The van der Waals surface area contributed by atoms with Gasteiger partial charge in [0.1, 0.15) is 5.75 Å². The van der Waals surface area contributed by atoms with Gasteiger partial charge in [0.25, 0.3) is 0 Å². The van der Waals surface area contributed by atoms with Gasteiger partial charge in [-0.05, 0) is 43.6 Å². The van der Waals surface area contributed by atoms with Gasteiger partial charge in [-0.15, -0.1) is 0 Å². The number of nitrogen functional groups attached to an aromatic ring is 1. The van der Waals surface area contributed by atoms with Gasteiger partial charge in [-0.25, -0.2) is 0 Å². The van der Waals surface area contributed by atoms with Gasteiger partial charge in [-0.3, -0.25) is 4.90 Å². The fourth-order valence-electron chi connectivity index (χ4n) is 1.90. The molecule has 3 nitrogen and oxygen atoms in total. The molecule has 3 heteroatoms. The van der Waals surface area contributed by atoms with Crippen molar-refractivity contribution in [3.05, 3.63) is 23.8 Å². The van der Waals surface area contributed by atoms with Crippen molar-refractivity contribution >= 4 is 5.69 Å². The van der Waals surface area contributed by atoms with Crippen LogP contribution in [0.3, 0.4) is 0 Å². The van der Waals surface area contributed by atoms with E-state index >= 15 is 0 Å². The molecule has 0 aromatic heterocycles. The van der Waals surface area contributed by atoms with Crippen molar-refractivity contribution in [2.24, 2.45) is 0 Å². The molecule has 0 unspecified atom stereocenters. The molecule has 0 aliphatic carbocycles. The van der Waals surface area contributed by atoms with Gasteiger partial charge in [0.05, 0.1) is 5.69 Å². The largest absolute Gasteiger partial charge is 0.506 e. The maximum atomic E-state index is 9.27. The molecule has 1 heterocycles. The summed E-state index contributed by atoms with van der Waals surface area (Å²) in [6.45, 7) is 3.31. The smallest absolute Gasteiger partial charge is 0.138 e. The SMILES string of the molecule is Nc1cc(CN2CCCC2)ccc1O. The zero-order chi connectivity index (χ0) is 9.97. The number of nitrogens with two attached hydrogens (primary N) is 1. The Hall–Kier alpha value is -1.22. The van der Waals surface area contributed by atoms with Crippen molar-refractivity contribution in [1.29, 1.82) is 0 Å². The number of hydrogen-bond donors (Lipinski definition) is 2. The van der Waals surface area contributed by atoms with Gasteiger partial charge in [-0.1, -0.05) is 6.07 Å². The second kappa shape index (κ2) is 3.88. The molecule has 1 aliphatic rings.